The quantitative estimate of drug-likeness (QED) is 0.0593. The standard InChI is InChI=1S/C47H72FN7O10S/c1-13-36-45(7,60)21-31(30(6)50-10)15-18-34(54-62-25-33-17-16-32(23-51-33)42-53-37(49)26-66-42)24-61-46(8,20-27(3)22-52-38(56)14-2)41(29(5)40(58)47(9,48)44(59)64-36)65-43-39(57)35(55(11)12)19-28(4)63-43/h16-17,21-23,26-30,35-36,39,41,43,50,57,60H,13-15,18-20,24-25,49H2,1-12H3. The predicted molar refractivity (Wildman–Crippen MR) is 252 cm³/mol. The Morgan fingerprint density at radius 2 is 1.89 bits per heavy atom. The van der Waals surface area contributed by atoms with Gasteiger partial charge in [0.05, 0.1) is 35.8 Å². The number of carbonyl (C=O) groups excluding carboxylic acids is 3. The number of likely N-dealkylation sites (N-methyl/N-ethyl adjacent to an activating group) is 2. The molecule has 4 heterocycles. The van der Waals surface area contributed by atoms with Crippen LogP contribution in [-0.2, 0) is 44.8 Å². The van der Waals surface area contributed by atoms with E-state index in [2.05, 4.69) is 25.4 Å². The number of ether oxygens (including phenoxy) is 4. The number of amides is 1. The maximum absolute atomic E-state index is 17.1. The van der Waals surface area contributed by atoms with E-state index in [1.54, 1.807) is 51.5 Å². The van der Waals surface area contributed by atoms with Crippen LogP contribution in [0, 0.1) is 11.8 Å². The molecule has 5 N–H and O–H groups in total. The molecule has 1 saturated heterocycles. The number of Topliss-reactive ketones (excluding diaryl/α,β-unsaturated/α-hetero) is 1. The molecule has 0 aromatic carbocycles. The van der Waals surface area contributed by atoms with E-state index in [1.807, 2.05) is 45.8 Å². The summed E-state index contributed by atoms with van der Waals surface area (Å²) in [6.45, 7) is 14.1. The monoisotopic (exact) mass is 946 g/mol. The second-order valence-corrected chi connectivity index (χ2v) is 19.3. The number of alkyl halides is 1. The van der Waals surface area contributed by atoms with Crippen LogP contribution in [0.5, 0.6) is 0 Å². The lowest BCUT2D eigenvalue weighted by atomic mass is 9.78. The number of esters is 1. The molecule has 2 aliphatic heterocycles. The van der Waals surface area contributed by atoms with Gasteiger partial charge >= 0.3 is 5.97 Å². The van der Waals surface area contributed by atoms with E-state index in [0.29, 0.717) is 35.6 Å². The Morgan fingerprint density at radius 1 is 1.18 bits per heavy atom. The van der Waals surface area contributed by atoms with Gasteiger partial charge in [-0.05, 0) is 112 Å². The normalized spacial score (nSPS) is 32.6. The number of nitrogens with one attached hydrogen (secondary N) is 1. The SMILES string of the molecule is CCC(=O)N=CC(C)CC1(C)OCC(=NOCc2ccc(-c3nc(N)cs3)cn2)CCC(C(C)NC)=CC(C)(O)C(CC)OC(=O)C(C)(F)C(=O)C(C)C1OC1OC(C)CC(N(C)C)C1O. The number of nitrogens with zero attached hydrogens (tertiary/aromatic N) is 5. The fourth-order valence-electron chi connectivity index (χ4n) is 8.36. The number of hydrogen-bond acceptors (Lipinski definition) is 17. The number of pyridine rings is 1. The van der Waals surface area contributed by atoms with Crippen LogP contribution in [0.25, 0.3) is 10.6 Å². The fraction of sp³-hybridized carbons (Fsp3) is 0.681. The molecule has 4 rings (SSSR count). The number of halogens is 1. The van der Waals surface area contributed by atoms with Crippen LogP contribution >= 0.6 is 11.3 Å². The molecule has 12 unspecified atom stereocenters. The molecule has 2 aromatic heterocycles. The van der Waals surface area contributed by atoms with Gasteiger partial charge in [-0.3, -0.25) is 14.6 Å². The predicted octanol–water partition coefficient (Wildman–Crippen LogP) is 5.61. The van der Waals surface area contributed by atoms with Crippen molar-refractivity contribution in [1.82, 2.24) is 20.2 Å². The van der Waals surface area contributed by atoms with Crippen molar-refractivity contribution in [3.8, 4) is 10.6 Å². The molecule has 12 atom stereocenters. The molecule has 0 aliphatic carbocycles. The maximum atomic E-state index is 17.1. The zero-order valence-corrected chi connectivity index (χ0v) is 41.4. The number of nitrogen functional groups attached to an aromatic ring is 1. The molecule has 66 heavy (non-hydrogen) atoms. The average Bonchev–Trinajstić information content (AvgIpc) is 3.72. The van der Waals surface area contributed by atoms with Crippen LogP contribution in [0.3, 0.4) is 0 Å². The van der Waals surface area contributed by atoms with Gasteiger partial charge in [-0.15, -0.1) is 11.3 Å². The van der Waals surface area contributed by atoms with Crippen LogP contribution in [0.4, 0.5) is 10.2 Å². The van der Waals surface area contributed by atoms with E-state index in [-0.39, 0.29) is 50.8 Å². The first kappa shape index (κ1) is 54.5. The Balaban J connectivity index is 1.88. The molecule has 2 aromatic rings. The van der Waals surface area contributed by atoms with E-state index in [1.165, 1.54) is 31.4 Å². The number of aliphatic hydroxyl groups excluding tert-OH is 1. The van der Waals surface area contributed by atoms with Gasteiger partial charge in [0.2, 0.25) is 5.91 Å². The zero-order chi connectivity index (χ0) is 49.1. The van der Waals surface area contributed by atoms with Crippen LogP contribution in [0.15, 0.2) is 45.5 Å². The number of oxime groups is 1. The minimum absolute atomic E-state index is 0.0115. The van der Waals surface area contributed by atoms with Crippen molar-refractivity contribution in [2.45, 2.75) is 167 Å². The van der Waals surface area contributed by atoms with Gasteiger partial charge in [0.15, 0.2) is 18.7 Å². The number of hydrogen-bond donors (Lipinski definition) is 4. The third kappa shape index (κ3) is 14.2. The molecule has 17 nitrogen and oxygen atoms in total. The summed E-state index contributed by atoms with van der Waals surface area (Å²) in [5.74, 6) is -4.52. The summed E-state index contributed by atoms with van der Waals surface area (Å²) in [5, 5.41) is 33.8. The van der Waals surface area contributed by atoms with E-state index in [9.17, 15) is 24.6 Å². The topological polar surface area (TPSA) is 230 Å². The molecular weight excluding hydrogens is 874 g/mol. The Bertz CT molecular complexity index is 2030. The smallest absolute Gasteiger partial charge is 0.351 e. The third-order valence-electron chi connectivity index (χ3n) is 12.4. The van der Waals surface area contributed by atoms with Crippen molar-refractivity contribution in [2.24, 2.45) is 22.0 Å². The number of rotatable bonds is 14. The van der Waals surface area contributed by atoms with Gasteiger partial charge in [-0.2, -0.15) is 0 Å². The van der Waals surface area contributed by atoms with Gasteiger partial charge < -0.3 is 49.9 Å². The van der Waals surface area contributed by atoms with Crippen molar-refractivity contribution in [3.05, 3.63) is 41.1 Å². The Labute approximate surface area is 392 Å². The Hall–Kier alpha value is -4.08. The number of anilines is 1. The van der Waals surface area contributed by atoms with Crippen LogP contribution in [0.1, 0.15) is 107 Å². The largest absolute Gasteiger partial charge is 0.456 e. The molecular formula is C47H72FN7O10S. The van der Waals surface area contributed by atoms with E-state index in [0.717, 1.165) is 17.5 Å². The Kier molecular flexibility index (Phi) is 19.6. The molecule has 0 spiro atoms. The number of cyclic esters (lactones) is 1. The van der Waals surface area contributed by atoms with Crippen molar-refractivity contribution in [1.29, 1.82) is 0 Å². The number of carbonyl (C=O) groups is 3. The van der Waals surface area contributed by atoms with Crippen molar-refractivity contribution in [3.63, 3.8) is 0 Å². The summed E-state index contributed by atoms with van der Waals surface area (Å²) in [4.78, 5) is 61.6. The van der Waals surface area contributed by atoms with Gasteiger partial charge in [0, 0.05) is 47.8 Å². The highest BCUT2D eigenvalue weighted by molar-refractivity contribution is 7.13. The lowest BCUT2D eigenvalue weighted by Crippen LogP contribution is -2.60. The van der Waals surface area contributed by atoms with Gasteiger partial charge in [0.25, 0.3) is 5.67 Å². The summed E-state index contributed by atoms with van der Waals surface area (Å²) >= 11 is 1.40. The number of nitrogens with two attached hydrogens (primary N) is 1. The van der Waals surface area contributed by atoms with E-state index >= 15 is 4.39 Å². The van der Waals surface area contributed by atoms with Crippen LogP contribution in [-0.4, -0.2) is 142 Å². The minimum Gasteiger partial charge on any atom is -0.456 e. The molecule has 0 radical (unpaired) electrons. The summed E-state index contributed by atoms with van der Waals surface area (Å²) in [6, 6.07) is 2.95. The third-order valence-corrected chi connectivity index (χ3v) is 13.3. The summed E-state index contributed by atoms with van der Waals surface area (Å²) in [6.07, 6.45) is 0.516. The molecule has 19 heteroatoms. The van der Waals surface area contributed by atoms with Crippen molar-refractivity contribution in [2.75, 3.05) is 33.5 Å². The van der Waals surface area contributed by atoms with E-state index in [4.69, 9.17) is 29.5 Å². The maximum Gasteiger partial charge on any atom is 0.351 e. The number of thiazole rings is 1. The highest BCUT2D eigenvalue weighted by atomic mass is 32.1. The zero-order valence-electron chi connectivity index (χ0n) is 40.6. The molecule has 0 bridgehead atoms. The van der Waals surface area contributed by atoms with Gasteiger partial charge in [-0.25, -0.2) is 19.2 Å². The second-order valence-electron chi connectivity index (χ2n) is 18.4. The van der Waals surface area contributed by atoms with Crippen LogP contribution < -0.4 is 11.1 Å². The van der Waals surface area contributed by atoms with Crippen LogP contribution in [0.2, 0.25) is 0 Å². The number of aliphatic hydroxyl groups is 2. The van der Waals surface area contributed by atoms with Crippen molar-refractivity contribution >= 4 is 46.7 Å². The lowest BCUT2D eigenvalue weighted by molar-refractivity contribution is -0.296. The highest BCUT2D eigenvalue weighted by Crippen LogP contribution is 2.38. The lowest BCUT2D eigenvalue weighted by Gasteiger charge is -2.47. The number of aromatic nitrogens is 2. The van der Waals surface area contributed by atoms with E-state index < -0.39 is 77.2 Å². The number of ketones is 1. The summed E-state index contributed by atoms with van der Waals surface area (Å²) < 4.78 is 42.6. The molecule has 1 fully saturated rings. The molecule has 368 valence electrons. The summed E-state index contributed by atoms with van der Waals surface area (Å²) in [5.41, 5.74) is 1.73. The average molecular weight is 946 g/mol. The molecule has 0 saturated carbocycles. The molecule has 2 aliphatic rings. The summed E-state index contributed by atoms with van der Waals surface area (Å²) in [7, 11) is 5.40. The first-order valence-electron chi connectivity index (χ1n) is 22.7. The highest BCUT2D eigenvalue weighted by Gasteiger charge is 2.54. The fourth-order valence-corrected chi connectivity index (χ4v) is 9.06. The first-order chi connectivity index (χ1) is 31.0. The van der Waals surface area contributed by atoms with Gasteiger partial charge in [0.1, 0.15) is 28.6 Å². The second kappa shape index (κ2) is 23.8. The minimum atomic E-state index is -3.24. The van der Waals surface area contributed by atoms with Crippen molar-refractivity contribution < 1.29 is 52.8 Å². The first-order valence-corrected chi connectivity index (χ1v) is 23.6. The molecule has 1 amide bonds. The number of aliphatic imine (C=N–C) groups is 1. The Morgan fingerprint density at radius 3 is 2.48 bits per heavy atom. The van der Waals surface area contributed by atoms with Gasteiger partial charge in [-0.1, -0.05) is 38.4 Å².